The lowest BCUT2D eigenvalue weighted by molar-refractivity contribution is -0.118. The van der Waals surface area contributed by atoms with E-state index < -0.39 is 28.3 Å². The molecule has 1 heterocycles. The maximum atomic E-state index is 13.2. The average Bonchev–Trinajstić information content (AvgIpc) is 2.94. The zero-order valence-electron chi connectivity index (χ0n) is 15.0. The van der Waals surface area contributed by atoms with Crippen LogP contribution >= 0.6 is 0 Å². The van der Waals surface area contributed by atoms with E-state index in [1.54, 1.807) is 12.1 Å². The molecule has 0 unspecified atom stereocenters. The fraction of sp³-hybridized carbons (Fsp3) is 0.167. The van der Waals surface area contributed by atoms with Gasteiger partial charge in [0, 0.05) is 12.4 Å². The Balaban J connectivity index is 1.77. The number of aryl methyl sites for hydroxylation is 1. The molecular formula is C18H17FN4O4S. The van der Waals surface area contributed by atoms with Gasteiger partial charge in [-0.3, -0.25) is 4.79 Å². The summed E-state index contributed by atoms with van der Waals surface area (Å²) in [6, 6.07) is 9.95. The average molecular weight is 404 g/mol. The third-order valence-corrected chi connectivity index (χ3v) is 5.88. The number of H-pyrrole nitrogens is 1. The summed E-state index contributed by atoms with van der Waals surface area (Å²) in [6.45, 7) is 1.30. The number of aromatic hydroxyl groups is 1. The van der Waals surface area contributed by atoms with Crippen LogP contribution in [0.3, 0.4) is 0 Å². The molecule has 28 heavy (non-hydrogen) atoms. The molecule has 0 fully saturated rings. The first-order chi connectivity index (χ1) is 13.2. The summed E-state index contributed by atoms with van der Waals surface area (Å²) in [6.07, 6.45) is 0. The second kappa shape index (κ2) is 7.49. The third-order valence-electron chi connectivity index (χ3n) is 4.06. The first kappa shape index (κ1) is 19.6. The van der Waals surface area contributed by atoms with Gasteiger partial charge >= 0.3 is 0 Å². The topological polar surface area (TPSA) is 115 Å². The van der Waals surface area contributed by atoms with Gasteiger partial charge < -0.3 is 10.1 Å². The second-order valence-corrected chi connectivity index (χ2v) is 8.22. The molecule has 0 aliphatic heterocycles. The molecule has 0 bridgehead atoms. The van der Waals surface area contributed by atoms with Crippen molar-refractivity contribution in [1.29, 1.82) is 0 Å². The summed E-state index contributed by atoms with van der Waals surface area (Å²) in [5, 5.41) is 17.4. The Morgan fingerprint density at radius 3 is 2.57 bits per heavy atom. The van der Waals surface area contributed by atoms with Crippen LogP contribution in [0, 0.1) is 12.7 Å². The molecule has 146 valence electrons. The van der Waals surface area contributed by atoms with E-state index in [0.29, 0.717) is 5.39 Å². The molecule has 0 saturated carbocycles. The van der Waals surface area contributed by atoms with E-state index in [-0.39, 0.29) is 22.0 Å². The number of benzene rings is 2. The normalized spacial score (nSPS) is 12.3. The molecule has 3 aromatic rings. The number of halogens is 1. The minimum Gasteiger partial charge on any atom is -0.493 e. The Morgan fingerprint density at radius 1 is 1.21 bits per heavy atom. The van der Waals surface area contributed by atoms with Gasteiger partial charge in [0.25, 0.3) is 5.91 Å². The van der Waals surface area contributed by atoms with Crippen LogP contribution < -0.4 is 0 Å². The number of fused-ring (bicyclic) bond motifs is 1. The molecule has 3 rings (SSSR count). The summed E-state index contributed by atoms with van der Waals surface area (Å²) in [5.74, 6) is -1.71. The highest BCUT2D eigenvalue weighted by Gasteiger charge is 2.23. The van der Waals surface area contributed by atoms with Gasteiger partial charge in [0.05, 0.1) is 17.0 Å². The Labute approximate surface area is 160 Å². The van der Waals surface area contributed by atoms with Gasteiger partial charge in [0.2, 0.25) is 15.9 Å². The van der Waals surface area contributed by atoms with E-state index in [2.05, 4.69) is 15.2 Å². The van der Waals surface area contributed by atoms with E-state index in [4.69, 9.17) is 0 Å². The van der Waals surface area contributed by atoms with Crippen molar-refractivity contribution in [3.8, 4) is 5.88 Å². The van der Waals surface area contributed by atoms with E-state index in [1.807, 2.05) is 6.92 Å². The summed E-state index contributed by atoms with van der Waals surface area (Å²) in [7, 11) is -2.60. The highest BCUT2D eigenvalue weighted by Crippen LogP contribution is 2.35. The molecule has 1 aromatic heterocycles. The molecule has 0 aliphatic rings. The van der Waals surface area contributed by atoms with Crippen molar-refractivity contribution >= 4 is 32.5 Å². The number of carbonyl (C=O) groups excluding carboxylic acids is 1. The van der Waals surface area contributed by atoms with E-state index in [0.717, 1.165) is 15.9 Å². The monoisotopic (exact) mass is 404 g/mol. The lowest BCUT2D eigenvalue weighted by Gasteiger charge is -2.15. The fourth-order valence-electron chi connectivity index (χ4n) is 2.54. The second-order valence-electron chi connectivity index (χ2n) is 6.18. The van der Waals surface area contributed by atoms with Crippen molar-refractivity contribution in [3.63, 3.8) is 0 Å². The largest absolute Gasteiger partial charge is 0.493 e. The van der Waals surface area contributed by atoms with Gasteiger partial charge in [-0.2, -0.15) is 4.31 Å². The van der Waals surface area contributed by atoms with Crippen LogP contribution in [0.15, 0.2) is 57.6 Å². The molecule has 0 radical (unpaired) electrons. The molecule has 8 nitrogen and oxygen atoms in total. The summed E-state index contributed by atoms with van der Waals surface area (Å²) in [4.78, 5) is 14.6. The van der Waals surface area contributed by atoms with Crippen molar-refractivity contribution in [3.05, 3.63) is 53.8 Å². The third kappa shape index (κ3) is 3.92. The van der Waals surface area contributed by atoms with Crippen LogP contribution in [0.1, 0.15) is 5.56 Å². The Bertz CT molecular complexity index is 1170. The van der Waals surface area contributed by atoms with Crippen molar-refractivity contribution in [2.45, 2.75) is 11.8 Å². The fourth-order valence-corrected chi connectivity index (χ4v) is 3.67. The van der Waals surface area contributed by atoms with Crippen LogP contribution in [0.2, 0.25) is 0 Å². The van der Waals surface area contributed by atoms with E-state index >= 15 is 0 Å². The number of likely N-dealkylation sites (N-methyl/N-ethyl adjacent to an activating group) is 1. The Kier molecular flexibility index (Phi) is 5.25. The SMILES string of the molecule is Cc1ccc(S(=O)(=O)N(C)CC(=O)N=Nc2c(O)[nH]c3cc(F)ccc23)cc1. The summed E-state index contributed by atoms with van der Waals surface area (Å²) < 4.78 is 39.1. The standard InChI is InChI=1S/C18H17FN4O4S/c1-11-3-6-13(7-4-11)28(26,27)23(2)10-16(24)21-22-17-14-8-5-12(19)9-15(14)20-18(17)25/h3-9,20,25H,10H2,1-2H3. The number of amides is 1. The number of hydrogen-bond acceptors (Lipinski definition) is 5. The molecule has 1 amide bonds. The quantitative estimate of drug-likeness (QED) is 0.635. The van der Waals surface area contributed by atoms with Crippen LogP contribution in [0.25, 0.3) is 10.9 Å². The lowest BCUT2D eigenvalue weighted by Crippen LogP contribution is -2.31. The van der Waals surface area contributed by atoms with Crippen molar-refractivity contribution in [1.82, 2.24) is 9.29 Å². The van der Waals surface area contributed by atoms with Gasteiger partial charge in [-0.25, -0.2) is 12.8 Å². The predicted molar refractivity (Wildman–Crippen MR) is 100 cm³/mol. The number of rotatable bonds is 5. The number of hydrogen-bond donors (Lipinski definition) is 2. The number of aromatic nitrogens is 1. The van der Waals surface area contributed by atoms with Crippen LogP contribution in [-0.2, 0) is 14.8 Å². The molecule has 10 heteroatoms. The van der Waals surface area contributed by atoms with Crippen LogP contribution in [-0.4, -0.2) is 42.3 Å². The molecule has 0 aliphatic carbocycles. The first-order valence-corrected chi connectivity index (χ1v) is 9.60. The highest BCUT2D eigenvalue weighted by atomic mass is 32.2. The first-order valence-electron chi connectivity index (χ1n) is 8.16. The molecular weight excluding hydrogens is 387 g/mol. The van der Waals surface area contributed by atoms with Crippen LogP contribution in [0.5, 0.6) is 5.88 Å². The lowest BCUT2D eigenvalue weighted by atomic mass is 10.2. The number of nitrogens with zero attached hydrogens (tertiary/aromatic N) is 3. The van der Waals surface area contributed by atoms with Gasteiger partial charge in [-0.05, 0) is 37.3 Å². The van der Waals surface area contributed by atoms with Crippen molar-refractivity contribution in [2.24, 2.45) is 10.2 Å². The number of azo groups is 1. The number of nitrogens with one attached hydrogen (secondary N) is 1. The number of sulfonamides is 1. The maximum Gasteiger partial charge on any atom is 0.279 e. The predicted octanol–water partition coefficient (Wildman–Crippen LogP) is 3.25. The molecule has 0 atom stereocenters. The Morgan fingerprint density at radius 2 is 1.89 bits per heavy atom. The van der Waals surface area contributed by atoms with Crippen LogP contribution in [0.4, 0.5) is 10.1 Å². The van der Waals surface area contributed by atoms with E-state index in [9.17, 15) is 22.7 Å². The maximum absolute atomic E-state index is 13.2. The summed E-state index contributed by atoms with van der Waals surface area (Å²) >= 11 is 0. The highest BCUT2D eigenvalue weighted by molar-refractivity contribution is 7.89. The molecule has 0 saturated heterocycles. The molecule has 0 spiro atoms. The van der Waals surface area contributed by atoms with Gasteiger partial charge in [-0.15, -0.1) is 10.2 Å². The van der Waals surface area contributed by atoms with Gasteiger partial charge in [0.15, 0.2) is 5.69 Å². The number of carbonyl (C=O) groups is 1. The van der Waals surface area contributed by atoms with Crippen molar-refractivity contribution < 1.29 is 22.7 Å². The summed E-state index contributed by atoms with van der Waals surface area (Å²) in [5.41, 5.74) is 1.16. The van der Waals surface area contributed by atoms with Gasteiger partial charge in [0.1, 0.15) is 5.82 Å². The minimum absolute atomic E-state index is 0.0348. The van der Waals surface area contributed by atoms with Gasteiger partial charge in [-0.1, -0.05) is 17.7 Å². The minimum atomic E-state index is -3.86. The van der Waals surface area contributed by atoms with Crippen molar-refractivity contribution in [2.75, 3.05) is 13.6 Å². The Hall–Kier alpha value is -3.11. The molecule has 2 aromatic carbocycles. The smallest absolute Gasteiger partial charge is 0.279 e. The zero-order chi connectivity index (χ0) is 20.5. The zero-order valence-corrected chi connectivity index (χ0v) is 15.9. The molecule has 2 N–H and O–H groups in total. The van der Waals surface area contributed by atoms with E-state index in [1.165, 1.54) is 31.3 Å². The number of aromatic amines is 1.